The van der Waals surface area contributed by atoms with Gasteiger partial charge in [0.25, 0.3) is 0 Å². The third-order valence-electron chi connectivity index (χ3n) is 1.84. The molecular weight excluding hydrogens is 102 g/mol. The first-order valence-electron chi connectivity index (χ1n) is 3.26. The van der Waals surface area contributed by atoms with Gasteiger partial charge >= 0.3 is 0 Å². The van der Waals surface area contributed by atoms with E-state index in [0.29, 0.717) is 0 Å². The maximum atomic E-state index is 8.86. The van der Waals surface area contributed by atoms with Gasteiger partial charge in [-0.05, 0) is 12.3 Å². The topological polar surface area (TPSA) is 23.5 Å². The Hall–Kier alpha value is -0.0800. The smallest absolute Gasteiger partial charge is 0.0266 e. The normalized spacial score (nSPS) is 31.5. The molecule has 1 N–H and O–H groups in total. The highest BCUT2D eigenvalue weighted by molar-refractivity contribution is 4.67. The monoisotopic (exact) mass is 115 g/mol. The van der Waals surface area contributed by atoms with Crippen molar-refractivity contribution in [1.29, 1.82) is 0 Å². The van der Waals surface area contributed by atoms with Crippen LogP contribution in [0, 0.1) is 5.92 Å². The standard InChI is InChI=1S/C6H13NO/c1-2-6-3-4-7(8)5-6/h6,8H,2-5H2,1H3. The van der Waals surface area contributed by atoms with Crippen LogP contribution in [0.2, 0.25) is 0 Å². The van der Waals surface area contributed by atoms with E-state index in [9.17, 15) is 0 Å². The minimum atomic E-state index is 0.750. The van der Waals surface area contributed by atoms with Crippen LogP contribution in [0.1, 0.15) is 19.8 Å². The zero-order valence-corrected chi connectivity index (χ0v) is 5.30. The third-order valence-corrected chi connectivity index (χ3v) is 1.84. The summed E-state index contributed by atoms with van der Waals surface area (Å²) in [7, 11) is 0. The largest absolute Gasteiger partial charge is 0.314 e. The minimum absolute atomic E-state index is 0.750. The molecule has 0 aromatic heterocycles. The molecule has 0 bridgehead atoms. The molecule has 0 saturated carbocycles. The van der Waals surface area contributed by atoms with Gasteiger partial charge in [0.05, 0.1) is 0 Å². The number of hydrogen-bond acceptors (Lipinski definition) is 2. The van der Waals surface area contributed by atoms with Crippen LogP contribution in [0.25, 0.3) is 0 Å². The second kappa shape index (κ2) is 2.46. The van der Waals surface area contributed by atoms with E-state index < -0.39 is 0 Å². The molecule has 8 heavy (non-hydrogen) atoms. The van der Waals surface area contributed by atoms with Crippen LogP contribution in [-0.2, 0) is 0 Å². The van der Waals surface area contributed by atoms with Crippen LogP contribution in [0.15, 0.2) is 0 Å². The van der Waals surface area contributed by atoms with E-state index in [2.05, 4.69) is 6.92 Å². The maximum absolute atomic E-state index is 8.86. The van der Waals surface area contributed by atoms with Gasteiger partial charge in [-0.2, -0.15) is 5.06 Å². The predicted octanol–water partition coefficient (Wildman–Crippen LogP) is 1.11. The van der Waals surface area contributed by atoms with Crippen LogP contribution >= 0.6 is 0 Å². The van der Waals surface area contributed by atoms with E-state index in [1.54, 1.807) is 0 Å². The van der Waals surface area contributed by atoms with Gasteiger partial charge in [-0.25, -0.2) is 0 Å². The highest BCUT2D eigenvalue weighted by Gasteiger charge is 2.18. The zero-order valence-electron chi connectivity index (χ0n) is 5.30. The van der Waals surface area contributed by atoms with Gasteiger partial charge in [-0.15, -0.1) is 0 Å². The first kappa shape index (κ1) is 6.05. The predicted molar refractivity (Wildman–Crippen MR) is 31.8 cm³/mol. The zero-order chi connectivity index (χ0) is 5.98. The van der Waals surface area contributed by atoms with Crippen molar-refractivity contribution in [3.05, 3.63) is 0 Å². The number of rotatable bonds is 1. The minimum Gasteiger partial charge on any atom is -0.314 e. The summed E-state index contributed by atoms with van der Waals surface area (Å²) in [4.78, 5) is 0. The molecule has 0 radical (unpaired) electrons. The summed E-state index contributed by atoms with van der Waals surface area (Å²) in [5.41, 5.74) is 0. The fourth-order valence-electron chi connectivity index (χ4n) is 1.15. The first-order valence-corrected chi connectivity index (χ1v) is 3.26. The van der Waals surface area contributed by atoms with Gasteiger partial charge in [0.1, 0.15) is 0 Å². The second-order valence-electron chi connectivity index (χ2n) is 2.48. The second-order valence-corrected chi connectivity index (χ2v) is 2.48. The van der Waals surface area contributed by atoms with Gasteiger partial charge in [0, 0.05) is 13.1 Å². The highest BCUT2D eigenvalue weighted by Crippen LogP contribution is 2.16. The maximum Gasteiger partial charge on any atom is 0.0266 e. The molecule has 1 atom stereocenters. The van der Waals surface area contributed by atoms with Crippen LogP contribution < -0.4 is 0 Å². The average molecular weight is 115 g/mol. The first-order chi connectivity index (χ1) is 3.83. The highest BCUT2D eigenvalue weighted by atomic mass is 16.5. The Morgan fingerprint density at radius 2 is 2.50 bits per heavy atom. The van der Waals surface area contributed by atoms with Crippen LogP contribution in [0.3, 0.4) is 0 Å². The van der Waals surface area contributed by atoms with Crippen LogP contribution in [0.5, 0.6) is 0 Å². The van der Waals surface area contributed by atoms with Gasteiger partial charge in [-0.1, -0.05) is 13.3 Å². The molecule has 1 heterocycles. The summed E-state index contributed by atoms with van der Waals surface area (Å²) in [6.45, 7) is 3.93. The van der Waals surface area contributed by atoms with Crippen molar-refractivity contribution in [2.24, 2.45) is 5.92 Å². The average Bonchev–Trinajstić information content (AvgIpc) is 2.14. The molecule has 1 fully saturated rings. The molecule has 1 aliphatic rings. The molecule has 0 aliphatic carbocycles. The summed E-state index contributed by atoms with van der Waals surface area (Å²) in [6, 6.07) is 0. The Morgan fingerprint density at radius 1 is 1.75 bits per heavy atom. The Balaban J connectivity index is 2.22. The summed E-state index contributed by atoms with van der Waals surface area (Å²) < 4.78 is 0. The van der Waals surface area contributed by atoms with E-state index >= 15 is 0 Å². The van der Waals surface area contributed by atoms with Crippen molar-refractivity contribution in [1.82, 2.24) is 5.06 Å². The van der Waals surface area contributed by atoms with Crippen molar-refractivity contribution in [3.63, 3.8) is 0 Å². The molecule has 1 aliphatic heterocycles. The molecule has 0 aromatic carbocycles. The molecular formula is C6H13NO. The van der Waals surface area contributed by atoms with E-state index in [1.807, 2.05) is 0 Å². The number of hydroxylamine groups is 2. The quantitative estimate of drug-likeness (QED) is 0.553. The van der Waals surface area contributed by atoms with Gasteiger partial charge in [-0.3, -0.25) is 0 Å². The third kappa shape index (κ3) is 1.20. The van der Waals surface area contributed by atoms with Crippen molar-refractivity contribution >= 4 is 0 Å². The Labute approximate surface area is 50.1 Å². The number of nitrogens with zero attached hydrogens (tertiary/aromatic N) is 1. The lowest BCUT2D eigenvalue weighted by Gasteiger charge is -2.04. The van der Waals surface area contributed by atoms with Crippen molar-refractivity contribution < 1.29 is 5.21 Å². The summed E-state index contributed by atoms with van der Waals surface area (Å²) in [6.07, 6.45) is 2.38. The molecule has 0 spiro atoms. The Bertz CT molecular complexity index is 74.9. The van der Waals surface area contributed by atoms with E-state index in [4.69, 9.17) is 5.21 Å². The molecule has 0 aromatic rings. The van der Waals surface area contributed by atoms with Crippen molar-refractivity contribution in [3.8, 4) is 0 Å². The molecule has 2 heteroatoms. The Morgan fingerprint density at radius 3 is 2.75 bits per heavy atom. The van der Waals surface area contributed by atoms with Gasteiger partial charge < -0.3 is 5.21 Å². The summed E-state index contributed by atoms with van der Waals surface area (Å²) >= 11 is 0. The SMILES string of the molecule is CCC1CCN(O)C1. The van der Waals surface area contributed by atoms with Crippen molar-refractivity contribution in [2.75, 3.05) is 13.1 Å². The summed E-state index contributed by atoms with van der Waals surface area (Å²) in [5, 5.41) is 10.3. The lowest BCUT2D eigenvalue weighted by atomic mass is 10.1. The molecule has 1 rings (SSSR count). The van der Waals surface area contributed by atoms with Crippen LogP contribution in [0.4, 0.5) is 0 Å². The van der Waals surface area contributed by atoms with E-state index in [-0.39, 0.29) is 0 Å². The summed E-state index contributed by atoms with van der Waals surface area (Å²) in [5.74, 6) is 0.750. The van der Waals surface area contributed by atoms with Crippen molar-refractivity contribution in [2.45, 2.75) is 19.8 Å². The lowest BCUT2D eigenvalue weighted by molar-refractivity contribution is -0.0713. The molecule has 1 saturated heterocycles. The van der Waals surface area contributed by atoms with E-state index in [1.165, 1.54) is 17.9 Å². The van der Waals surface area contributed by atoms with Gasteiger partial charge in [0.15, 0.2) is 0 Å². The fraction of sp³-hybridized carbons (Fsp3) is 1.00. The molecule has 2 nitrogen and oxygen atoms in total. The van der Waals surface area contributed by atoms with Gasteiger partial charge in [0.2, 0.25) is 0 Å². The van der Waals surface area contributed by atoms with Crippen LogP contribution in [-0.4, -0.2) is 23.4 Å². The molecule has 48 valence electrons. The van der Waals surface area contributed by atoms with E-state index in [0.717, 1.165) is 19.0 Å². The molecule has 1 unspecified atom stereocenters. The lowest BCUT2D eigenvalue weighted by Crippen LogP contribution is -2.14. The Kier molecular flexibility index (Phi) is 1.86. The number of hydrogen-bond donors (Lipinski definition) is 1. The molecule has 0 amide bonds. The fourth-order valence-corrected chi connectivity index (χ4v) is 1.15.